The first kappa shape index (κ1) is 34.8. The van der Waals surface area contributed by atoms with E-state index < -0.39 is 23.9 Å². The van der Waals surface area contributed by atoms with Gasteiger partial charge in [0.1, 0.15) is 35.5 Å². The molecule has 240 valence electrons. The largest absolute Gasteiger partial charge is 0.299 e. The van der Waals surface area contributed by atoms with E-state index in [2.05, 4.69) is 0 Å². The van der Waals surface area contributed by atoms with Gasteiger partial charge in [-0.15, -0.1) is 0 Å². The average Bonchev–Trinajstić information content (AvgIpc) is 3.01. The van der Waals surface area contributed by atoms with E-state index in [4.69, 9.17) is 9.98 Å². The van der Waals surface area contributed by atoms with Gasteiger partial charge in [-0.3, -0.25) is 29.2 Å². The Morgan fingerprint density at radius 1 is 0.532 bits per heavy atom. The molecule has 0 fully saturated rings. The number of carbonyl (C=O) groups excluding carboxylic acids is 4. The molecule has 0 amide bonds. The summed E-state index contributed by atoms with van der Waals surface area (Å²) >= 11 is 0. The summed E-state index contributed by atoms with van der Waals surface area (Å²) in [5.41, 5.74) is 7.06. The summed E-state index contributed by atoms with van der Waals surface area (Å²) in [7, 11) is 0. The topological polar surface area (TPSA) is 93.0 Å². The van der Waals surface area contributed by atoms with Gasteiger partial charge in [-0.2, -0.15) is 0 Å². The van der Waals surface area contributed by atoms with Gasteiger partial charge in [-0.05, 0) is 76.3 Å². The minimum absolute atomic E-state index is 0.307. The van der Waals surface area contributed by atoms with Crippen molar-refractivity contribution in [2.75, 3.05) is 0 Å². The maximum absolute atomic E-state index is 13.9. The Bertz CT molecular complexity index is 1820. The maximum atomic E-state index is 13.9. The van der Waals surface area contributed by atoms with E-state index in [0.717, 1.165) is 38.9 Å². The molecule has 0 radical (unpaired) electrons. The number of benzene rings is 4. The molecular formula is C41H42N2O4. The van der Waals surface area contributed by atoms with Crippen LogP contribution in [-0.2, 0) is 9.59 Å². The molecule has 0 aliphatic rings. The summed E-state index contributed by atoms with van der Waals surface area (Å²) in [4.78, 5) is 63.2. The third-order valence-electron chi connectivity index (χ3n) is 8.38. The molecule has 4 rings (SSSR count). The number of aryl methyl sites for hydroxylation is 5. The van der Waals surface area contributed by atoms with E-state index in [0.29, 0.717) is 11.1 Å². The van der Waals surface area contributed by atoms with Gasteiger partial charge >= 0.3 is 0 Å². The summed E-state index contributed by atoms with van der Waals surface area (Å²) in [6, 6.07) is 27.0. The van der Waals surface area contributed by atoms with Gasteiger partial charge in [0.15, 0.2) is 11.6 Å². The first-order valence-corrected chi connectivity index (χ1v) is 15.8. The van der Waals surface area contributed by atoms with Crippen LogP contribution in [0.2, 0.25) is 0 Å². The molecule has 0 heterocycles. The molecule has 0 bridgehead atoms. The highest BCUT2D eigenvalue weighted by atomic mass is 16.2. The predicted octanol–water partition coefficient (Wildman–Crippen LogP) is 8.33. The van der Waals surface area contributed by atoms with Crippen LogP contribution >= 0.6 is 0 Å². The SMILES string of the molecule is CC(=O)C(C=N[C@@H](c1ccccc1)[C@@H](N=CC(C(C)=O)C(=O)c1c(C)cc(C)cc1C)c1ccccc1)C(=O)c1ccc(C)cc1C. The van der Waals surface area contributed by atoms with E-state index in [1.807, 2.05) is 120 Å². The Morgan fingerprint density at radius 2 is 0.957 bits per heavy atom. The van der Waals surface area contributed by atoms with Crippen LogP contribution in [0.4, 0.5) is 0 Å². The molecule has 6 heteroatoms. The fourth-order valence-corrected chi connectivity index (χ4v) is 6.05. The molecule has 0 spiro atoms. The number of ketones is 4. The minimum atomic E-state index is -1.10. The van der Waals surface area contributed by atoms with Crippen LogP contribution in [-0.4, -0.2) is 35.6 Å². The fraction of sp³-hybridized carbons (Fsp3) is 0.268. The Balaban J connectivity index is 1.82. The summed E-state index contributed by atoms with van der Waals surface area (Å²) in [5, 5.41) is 0. The number of aliphatic imine (C=N–C) groups is 2. The highest BCUT2D eigenvalue weighted by molar-refractivity contribution is 6.21. The highest BCUT2D eigenvalue weighted by Crippen LogP contribution is 2.36. The van der Waals surface area contributed by atoms with Crippen molar-refractivity contribution in [1.29, 1.82) is 0 Å². The van der Waals surface area contributed by atoms with Crippen LogP contribution in [0.5, 0.6) is 0 Å². The molecule has 0 aliphatic carbocycles. The third-order valence-corrected chi connectivity index (χ3v) is 8.38. The van der Waals surface area contributed by atoms with Crippen molar-refractivity contribution in [3.63, 3.8) is 0 Å². The second-order valence-corrected chi connectivity index (χ2v) is 12.3. The molecule has 47 heavy (non-hydrogen) atoms. The van der Waals surface area contributed by atoms with E-state index in [9.17, 15) is 19.2 Å². The first-order chi connectivity index (χ1) is 22.4. The predicted molar refractivity (Wildman–Crippen MR) is 189 cm³/mol. The molecular weight excluding hydrogens is 584 g/mol. The molecule has 0 aromatic heterocycles. The van der Waals surface area contributed by atoms with E-state index in [-0.39, 0.29) is 23.1 Å². The van der Waals surface area contributed by atoms with Crippen LogP contribution in [0.1, 0.15) is 85.6 Å². The zero-order valence-electron chi connectivity index (χ0n) is 28.2. The first-order valence-electron chi connectivity index (χ1n) is 15.8. The van der Waals surface area contributed by atoms with Crippen LogP contribution in [0.3, 0.4) is 0 Å². The van der Waals surface area contributed by atoms with Crippen molar-refractivity contribution in [2.24, 2.45) is 21.8 Å². The van der Waals surface area contributed by atoms with Gasteiger partial charge < -0.3 is 0 Å². The molecule has 0 N–H and O–H groups in total. The van der Waals surface area contributed by atoms with Crippen molar-refractivity contribution in [1.82, 2.24) is 0 Å². The van der Waals surface area contributed by atoms with Crippen molar-refractivity contribution in [3.8, 4) is 0 Å². The van der Waals surface area contributed by atoms with E-state index >= 15 is 0 Å². The van der Waals surface area contributed by atoms with Crippen molar-refractivity contribution in [2.45, 2.75) is 60.5 Å². The number of carbonyl (C=O) groups is 4. The van der Waals surface area contributed by atoms with Crippen LogP contribution in [0.25, 0.3) is 0 Å². The molecule has 0 aliphatic heterocycles. The van der Waals surface area contributed by atoms with E-state index in [1.165, 1.54) is 26.3 Å². The summed E-state index contributed by atoms with van der Waals surface area (Å²) < 4.78 is 0. The van der Waals surface area contributed by atoms with Gasteiger partial charge in [0.25, 0.3) is 0 Å². The quantitative estimate of drug-likeness (QED) is 0.0847. The van der Waals surface area contributed by atoms with Crippen molar-refractivity contribution < 1.29 is 19.2 Å². The molecule has 4 atom stereocenters. The maximum Gasteiger partial charge on any atom is 0.179 e. The zero-order chi connectivity index (χ0) is 34.2. The smallest absolute Gasteiger partial charge is 0.179 e. The molecule has 4 aromatic carbocycles. The summed E-state index contributed by atoms with van der Waals surface area (Å²) in [6.45, 7) is 12.3. The lowest BCUT2D eigenvalue weighted by atomic mass is 9.88. The average molecular weight is 627 g/mol. The summed E-state index contributed by atoms with van der Waals surface area (Å²) in [5.74, 6) is -3.47. The third kappa shape index (κ3) is 8.39. The van der Waals surface area contributed by atoms with Gasteiger partial charge in [0.2, 0.25) is 0 Å². The standard InChI is InChI=1S/C41H42N2O4/c1-25-18-19-34(27(3)20-25)40(46)35(30(6)44)23-42-38(32-14-10-8-11-15-32)39(33-16-12-9-13-17-33)43-24-36(31(7)45)41(47)37-28(4)21-26(2)22-29(37)5/h8-24,35-36,38-39H,1-7H3/t35?,36?,38-,39-/m0/s1. The summed E-state index contributed by atoms with van der Waals surface area (Å²) in [6.07, 6.45) is 2.87. The lowest BCUT2D eigenvalue weighted by Crippen LogP contribution is -2.26. The fourth-order valence-electron chi connectivity index (χ4n) is 6.05. The Morgan fingerprint density at radius 3 is 1.38 bits per heavy atom. The van der Waals surface area contributed by atoms with Crippen LogP contribution in [0, 0.1) is 46.5 Å². The van der Waals surface area contributed by atoms with E-state index in [1.54, 1.807) is 6.07 Å². The minimum Gasteiger partial charge on any atom is -0.299 e. The lowest BCUT2D eigenvalue weighted by Gasteiger charge is -2.23. The number of Topliss-reactive ketones (excluding diaryl/α,β-unsaturated/α-hetero) is 4. The Labute approximate surface area is 277 Å². The van der Waals surface area contributed by atoms with Crippen LogP contribution in [0.15, 0.2) is 101 Å². The molecule has 0 saturated carbocycles. The Kier molecular flexibility index (Phi) is 11.4. The van der Waals surface area contributed by atoms with Gasteiger partial charge in [0.05, 0.1) is 0 Å². The highest BCUT2D eigenvalue weighted by Gasteiger charge is 2.30. The molecule has 4 aromatic rings. The molecule has 6 nitrogen and oxygen atoms in total. The van der Waals surface area contributed by atoms with Gasteiger partial charge in [-0.1, -0.05) is 102 Å². The van der Waals surface area contributed by atoms with Crippen LogP contribution < -0.4 is 0 Å². The number of hydrogen-bond acceptors (Lipinski definition) is 6. The van der Waals surface area contributed by atoms with Gasteiger partial charge in [0, 0.05) is 23.6 Å². The lowest BCUT2D eigenvalue weighted by molar-refractivity contribution is -0.118. The number of rotatable bonds is 13. The number of hydrogen-bond donors (Lipinski definition) is 0. The van der Waals surface area contributed by atoms with Crippen molar-refractivity contribution >= 4 is 35.6 Å². The second-order valence-electron chi connectivity index (χ2n) is 12.3. The Hall–Kier alpha value is -5.10. The molecule has 2 unspecified atom stereocenters. The van der Waals surface area contributed by atoms with Gasteiger partial charge in [-0.25, -0.2) is 0 Å². The second kappa shape index (κ2) is 15.5. The number of nitrogens with zero attached hydrogens (tertiary/aromatic N) is 2. The monoisotopic (exact) mass is 626 g/mol. The zero-order valence-corrected chi connectivity index (χ0v) is 28.2. The normalized spacial score (nSPS) is 14.1. The van der Waals surface area contributed by atoms with Crippen molar-refractivity contribution in [3.05, 3.63) is 141 Å². The molecule has 0 saturated heterocycles.